The summed E-state index contributed by atoms with van der Waals surface area (Å²) in [5.41, 5.74) is 0.115. The third-order valence-corrected chi connectivity index (χ3v) is 3.13. The van der Waals surface area contributed by atoms with Gasteiger partial charge >= 0.3 is 0 Å². The van der Waals surface area contributed by atoms with Crippen LogP contribution in [0.2, 0.25) is 0 Å². The average Bonchev–Trinajstić information content (AvgIpc) is 2.72. The molecule has 2 fully saturated rings. The van der Waals surface area contributed by atoms with Gasteiger partial charge in [-0.05, 0) is 19.3 Å². The van der Waals surface area contributed by atoms with E-state index < -0.39 is 0 Å². The normalized spacial score (nSPS) is 44.5. The summed E-state index contributed by atoms with van der Waals surface area (Å²) in [7, 11) is 1.71. The van der Waals surface area contributed by atoms with Gasteiger partial charge in [-0.15, -0.1) is 0 Å². The van der Waals surface area contributed by atoms with Crippen LogP contribution >= 0.6 is 0 Å². The smallest absolute Gasteiger partial charge is 0.0848 e. The molecule has 0 bridgehead atoms. The Labute approximate surface area is 72.7 Å². The summed E-state index contributed by atoms with van der Waals surface area (Å²) in [6, 6.07) is 0. The maximum Gasteiger partial charge on any atom is 0.0848 e. The van der Waals surface area contributed by atoms with Crippen molar-refractivity contribution in [3.05, 3.63) is 0 Å². The van der Waals surface area contributed by atoms with Crippen LogP contribution in [0.1, 0.15) is 19.3 Å². The predicted molar refractivity (Wildman–Crippen MR) is 43.9 cm³/mol. The lowest BCUT2D eigenvalue weighted by Crippen LogP contribution is -2.26. The van der Waals surface area contributed by atoms with Crippen LogP contribution in [-0.2, 0) is 9.47 Å². The number of hydrogen-bond donors (Lipinski definition) is 1. The first kappa shape index (κ1) is 8.48. The van der Waals surface area contributed by atoms with Crippen molar-refractivity contribution in [1.82, 2.24) is 0 Å². The second-order valence-electron chi connectivity index (χ2n) is 4.02. The number of rotatable bonds is 4. The molecule has 1 aliphatic carbocycles. The molecule has 70 valence electrons. The highest BCUT2D eigenvalue weighted by atomic mass is 16.6. The van der Waals surface area contributed by atoms with Crippen molar-refractivity contribution in [3.8, 4) is 0 Å². The van der Waals surface area contributed by atoms with E-state index in [1.54, 1.807) is 7.11 Å². The molecule has 3 heteroatoms. The fourth-order valence-corrected chi connectivity index (χ4v) is 2.21. The van der Waals surface area contributed by atoms with E-state index in [1.165, 1.54) is 0 Å². The van der Waals surface area contributed by atoms with Crippen molar-refractivity contribution >= 4 is 0 Å². The third kappa shape index (κ3) is 1.37. The van der Waals surface area contributed by atoms with E-state index in [0.717, 1.165) is 25.9 Å². The van der Waals surface area contributed by atoms with Crippen molar-refractivity contribution in [2.45, 2.75) is 31.5 Å². The highest BCUT2D eigenvalue weighted by Gasteiger charge is 2.55. The minimum absolute atomic E-state index is 0.115. The maximum absolute atomic E-state index is 9.27. The SMILES string of the molecule is COCCC1(CO)CC2OC2C1. The highest BCUT2D eigenvalue weighted by Crippen LogP contribution is 2.51. The van der Waals surface area contributed by atoms with Gasteiger partial charge in [-0.3, -0.25) is 0 Å². The summed E-state index contributed by atoms with van der Waals surface area (Å²) in [5, 5.41) is 9.27. The molecule has 1 saturated heterocycles. The molecule has 1 saturated carbocycles. The molecule has 2 rings (SSSR count). The Balaban J connectivity index is 1.87. The van der Waals surface area contributed by atoms with Gasteiger partial charge < -0.3 is 14.6 Å². The molecular formula is C9H16O3. The van der Waals surface area contributed by atoms with Crippen LogP contribution in [0.25, 0.3) is 0 Å². The number of epoxide rings is 1. The lowest BCUT2D eigenvalue weighted by Gasteiger charge is -2.27. The van der Waals surface area contributed by atoms with Crippen LogP contribution in [0.15, 0.2) is 0 Å². The summed E-state index contributed by atoms with van der Waals surface area (Å²) in [6.07, 6.45) is 3.92. The zero-order chi connectivity index (χ0) is 8.60. The van der Waals surface area contributed by atoms with Crippen molar-refractivity contribution in [3.63, 3.8) is 0 Å². The molecule has 1 heterocycles. The zero-order valence-corrected chi connectivity index (χ0v) is 7.45. The zero-order valence-electron chi connectivity index (χ0n) is 7.45. The molecule has 1 aliphatic heterocycles. The van der Waals surface area contributed by atoms with Crippen LogP contribution in [0.4, 0.5) is 0 Å². The van der Waals surface area contributed by atoms with Crippen molar-refractivity contribution in [1.29, 1.82) is 0 Å². The molecule has 2 aliphatic rings. The van der Waals surface area contributed by atoms with E-state index in [9.17, 15) is 5.11 Å². The van der Waals surface area contributed by atoms with Crippen molar-refractivity contribution < 1.29 is 14.6 Å². The summed E-state index contributed by atoms with van der Waals surface area (Å²) < 4.78 is 10.4. The number of ether oxygens (including phenoxy) is 2. The molecule has 0 aromatic carbocycles. The van der Waals surface area contributed by atoms with Gasteiger partial charge in [-0.2, -0.15) is 0 Å². The Hall–Kier alpha value is -0.120. The van der Waals surface area contributed by atoms with Crippen LogP contribution in [0.3, 0.4) is 0 Å². The Morgan fingerprint density at radius 3 is 2.67 bits per heavy atom. The molecule has 3 nitrogen and oxygen atoms in total. The molecule has 2 atom stereocenters. The summed E-state index contributed by atoms with van der Waals surface area (Å²) in [4.78, 5) is 0. The number of fused-ring (bicyclic) bond motifs is 1. The van der Waals surface area contributed by atoms with Crippen LogP contribution in [-0.4, -0.2) is 37.6 Å². The average molecular weight is 172 g/mol. The first-order valence-corrected chi connectivity index (χ1v) is 4.55. The molecule has 0 amide bonds. The van der Waals surface area contributed by atoms with Gasteiger partial charge in [0.1, 0.15) is 0 Å². The summed E-state index contributed by atoms with van der Waals surface area (Å²) in [6.45, 7) is 1.03. The van der Waals surface area contributed by atoms with E-state index in [4.69, 9.17) is 9.47 Å². The second kappa shape index (κ2) is 2.98. The monoisotopic (exact) mass is 172 g/mol. The van der Waals surface area contributed by atoms with E-state index in [1.807, 2.05) is 0 Å². The van der Waals surface area contributed by atoms with Gasteiger partial charge in [0.05, 0.1) is 12.2 Å². The molecule has 0 radical (unpaired) electrons. The first-order valence-electron chi connectivity index (χ1n) is 4.55. The fourth-order valence-electron chi connectivity index (χ4n) is 2.21. The van der Waals surface area contributed by atoms with Gasteiger partial charge in [0.25, 0.3) is 0 Å². The molecule has 2 unspecified atom stereocenters. The Morgan fingerprint density at radius 2 is 2.17 bits per heavy atom. The van der Waals surface area contributed by atoms with E-state index in [0.29, 0.717) is 12.2 Å². The maximum atomic E-state index is 9.27. The quantitative estimate of drug-likeness (QED) is 0.630. The molecule has 12 heavy (non-hydrogen) atoms. The molecule has 0 spiro atoms. The molecule has 0 aromatic rings. The largest absolute Gasteiger partial charge is 0.396 e. The summed E-state index contributed by atoms with van der Waals surface area (Å²) >= 11 is 0. The van der Waals surface area contributed by atoms with Gasteiger partial charge in [-0.25, -0.2) is 0 Å². The predicted octanol–water partition coefficient (Wildman–Crippen LogP) is 0.563. The molecule has 0 aromatic heterocycles. The Morgan fingerprint density at radius 1 is 1.50 bits per heavy atom. The Bertz CT molecular complexity index is 159. The van der Waals surface area contributed by atoms with Crippen LogP contribution in [0.5, 0.6) is 0 Å². The standard InChI is InChI=1S/C9H16O3/c1-11-3-2-9(6-10)4-7-8(5-9)12-7/h7-8,10H,2-6H2,1H3. The number of aliphatic hydroxyl groups is 1. The third-order valence-electron chi connectivity index (χ3n) is 3.13. The summed E-state index contributed by atoms with van der Waals surface area (Å²) in [5.74, 6) is 0. The van der Waals surface area contributed by atoms with Gasteiger partial charge in [0.15, 0.2) is 0 Å². The minimum Gasteiger partial charge on any atom is -0.396 e. The lowest BCUT2D eigenvalue weighted by atomic mass is 9.83. The van der Waals surface area contributed by atoms with Gasteiger partial charge in [-0.1, -0.05) is 0 Å². The molecular weight excluding hydrogens is 156 g/mol. The number of aliphatic hydroxyl groups excluding tert-OH is 1. The topological polar surface area (TPSA) is 42.0 Å². The molecule has 1 N–H and O–H groups in total. The van der Waals surface area contributed by atoms with Crippen LogP contribution in [0, 0.1) is 5.41 Å². The number of hydrogen-bond acceptors (Lipinski definition) is 3. The second-order valence-corrected chi connectivity index (χ2v) is 4.02. The van der Waals surface area contributed by atoms with Gasteiger partial charge in [0, 0.05) is 25.7 Å². The van der Waals surface area contributed by atoms with Crippen LogP contribution < -0.4 is 0 Å². The van der Waals surface area contributed by atoms with Gasteiger partial charge in [0.2, 0.25) is 0 Å². The Kier molecular flexibility index (Phi) is 2.10. The van der Waals surface area contributed by atoms with E-state index in [2.05, 4.69) is 0 Å². The number of methoxy groups -OCH3 is 1. The minimum atomic E-state index is 0.115. The van der Waals surface area contributed by atoms with Crippen molar-refractivity contribution in [2.24, 2.45) is 5.41 Å². The van der Waals surface area contributed by atoms with E-state index >= 15 is 0 Å². The van der Waals surface area contributed by atoms with E-state index in [-0.39, 0.29) is 12.0 Å². The lowest BCUT2D eigenvalue weighted by molar-refractivity contribution is 0.0496. The fraction of sp³-hybridized carbons (Fsp3) is 1.00. The van der Waals surface area contributed by atoms with Crippen molar-refractivity contribution in [2.75, 3.05) is 20.3 Å². The first-order chi connectivity index (χ1) is 5.79. The highest BCUT2D eigenvalue weighted by molar-refractivity contribution is 5.03.